The van der Waals surface area contributed by atoms with Gasteiger partial charge in [0.15, 0.2) is 5.82 Å². The topological polar surface area (TPSA) is 199 Å². The Kier molecular flexibility index (Phi) is 13.7. The standard InChI is InChI=1S/C47H57F3N10O7/c1-26(27(2)23-51-33-13-7-12-30-39(33)44(65)60(43(30)64)35-14-15-38(61)55-42(35)63)9-8-18-58-19-16-28(17-20-58)53-41(62)31-21-37(67-4)34(22-32(31)48)54-46-52-24-36-40(56-46)59(29-10-5-6-11-29)25-47(49,50)45(66)57(36)3/h7,12-13,21-22,24,26-29,35,51H,5-6,8-11,14-20,23,25H2,1-4H3,(H,53,62)(H,52,54,56)(H,55,61,63). The summed E-state index contributed by atoms with van der Waals surface area (Å²) in [5, 5.41) is 11.5. The molecule has 8 rings (SSSR count). The molecule has 6 amide bonds. The van der Waals surface area contributed by atoms with Gasteiger partial charge in [0.25, 0.3) is 23.6 Å². The molecule has 1 aromatic heterocycles. The van der Waals surface area contributed by atoms with E-state index in [-0.39, 0.29) is 76.4 Å². The molecule has 3 fully saturated rings. The minimum Gasteiger partial charge on any atom is -0.495 e. The largest absolute Gasteiger partial charge is 0.495 e. The van der Waals surface area contributed by atoms with Crippen LogP contribution in [0.25, 0.3) is 0 Å². The van der Waals surface area contributed by atoms with Gasteiger partial charge in [-0.2, -0.15) is 13.8 Å². The van der Waals surface area contributed by atoms with E-state index >= 15 is 13.2 Å². The molecule has 3 atom stereocenters. The van der Waals surface area contributed by atoms with Gasteiger partial charge in [-0.1, -0.05) is 32.8 Å². The minimum absolute atomic E-state index is 0.0255. The zero-order valence-electron chi connectivity index (χ0n) is 38.1. The lowest BCUT2D eigenvalue weighted by atomic mass is 9.91. The number of alkyl halides is 2. The van der Waals surface area contributed by atoms with Gasteiger partial charge in [0.05, 0.1) is 42.2 Å². The maximum atomic E-state index is 15.7. The highest BCUT2D eigenvalue weighted by Gasteiger charge is 2.49. The van der Waals surface area contributed by atoms with Crippen molar-refractivity contribution < 1.29 is 46.7 Å². The fourth-order valence-corrected chi connectivity index (χ4v) is 9.84. The quantitative estimate of drug-likeness (QED) is 0.140. The number of methoxy groups -OCH3 is 1. The van der Waals surface area contributed by atoms with Gasteiger partial charge in [0.1, 0.15) is 23.3 Å². The maximum Gasteiger partial charge on any atom is 0.342 e. The second-order valence-corrected chi connectivity index (χ2v) is 18.4. The smallest absolute Gasteiger partial charge is 0.342 e. The van der Waals surface area contributed by atoms with Crippen molar-refractivity contribution in [1.29, 1.82) is 0 Å². The Morgan fingerprint density at radius 2 is 1.73 bits per heavy atom. The first-order valence-corrected chi connectivity index (χ1v) is 23.1. The number of aromatic nitrogens is 2. The Hall–Kier alpha value is -6.31. The van der Waals surface area contributed by atoms with Crippen molar-refractivity contribution in [1.82, 2.24) is 30.4 Å². The predicted octanol–water partition coefficient (Wildman–Crippen LogP) is 5.49. The fraction of sp³-hybridized carbons (Fsp3) is 0.532. The molecule has 358 valence electrons. The van der Waals surface area contributed by atoms with Crippen molar-refractivity contribution >= 4 is 64.3 Å². The van der Waals surface area contributed by atoms with Crippen LogP contribution in [0.4, 0.5) is 42.0 Å². The molecule has 5 aliphatic rings. The highest BCUT2D eigenvalue weighted by molar-refractivity contribution is 6.25. The number of ether oxygens (including phenoxy) is 1. The van der Waals surface area contributed by atoms with Gasteiger partial charge in [-0.15, -0.1) is 0 Å². The molecule has 0 bridgehead atoms. The summed E-state index contributed by atoms with van der Waals surface area (Å²) in [7, 11) is 2.64. The Bertz CT molecular complexity index is 2440. The number of amides is 6. The third-order valence-corrected chi connectivity index (χ3v) is 14.0. The van der Waals surface area contributed by atoms with E-state index in [1.807, 2.05) is 0 Å². The van der Waals surface area contributed by atoms with Gasteiger partial charge in [0.2, 0.25) is 17.8 Å². The Balaban J connectivity index is 0.803. The first-order valence-electron chi connectivity index (χ1n) is 23.1. The summed E-state index contributed by atoms with van der Waals surface area (Å²) in [6, 6.07) is 6.01. The lowest BCUT2D eigenvalue weighted by Crippen LogP contribution is -2.54. The molecule has 0 spiro atoms. The van der Waals surface area contributed by atoms with Gasteiger partial charge >= 0.3 is 5.92 Å². The Morgan fingerprint density at radius 3 is 2.45 bits per heavy atom. The van der Waals surface area contributed by atoms with Gasteiger partial charge in [-0.25, -0.2) is 9.37 Å². The first kappa shape index (κ1) is 47.2. The van der Waals surface area contributed by atoms with Crippen LogP contribution in [0.1, 0.15) is 109 Å². The van der Waals surface area contributed by atoms with Crippen LogP contribution in [0.15, 0.2) is 36.5 Å². The number of hydrogen-bond donors (Lipinski definition) is 4. The average Bonchev–Trinajstić information content (AvgIpc) is 3.92. The average molecular weight is 931 g/mol. The number of carbonyl (C=O) groups excluding carboxylic acids is 6. The van der Waals surface area contributed by atoms with Crippen LogP contribution in [0.2, 0.25) is 0 Å². The number of rotatable bonds is 15. The van der Waals surface area contributed by atoms with Crippen LogP contribution in [-0.4, -0.2) is 126 Å². The molecule has 0 radical (unpaired) electrons. The number of likely N-dealkylation sites (tertiary alicyclic amines) is 1. The van der Waals surface area contributed by atoms with Gasteiger partial charge in [-0.3, -0.25) is 39.0 Å². The van der Waals surface area contributed by atoms with Gasteiger partial charge in [-0.05, 0) is 81.5 Å². The molecule has 5 heterocycles. The van der Waals surface area contributed by atoms with Gasteiger partial charge in [0, 0.05) is 56.9 Å². The SMILES string of the molecule is COc1cc(C(=O)NC2CCN(CCCC(C)C(C)CNc3cccc4c3C(=O)N(C3CCC(=O)NC3=O)C4=O)CC2)c(F)cc1Nc1ncc2c(n1)N(C1CCCC1)CC(F)(F)C(=O)N2C. The molecule has 4 aliphatic heterocycles. The van der Waals surface area contributed by atoms with Crippen molar-refractivity contribution in [3.8, 4) is 5.75 Å². The third kappa shape index (κ3) is 9.76. The number of anilines is 5. The van der Waals surface area contributed by atoms with E-state index < -0.39 is 59.8 Å². The van der Waals surface area contributed by atoms with Crippen LogP contribution in [0.3, 0.4) is 0 Å². The molecule has 1 saturated carbocycles. The summed E-state index contributed by atoms with van der Waals surface area (Å²) in [5.41, 5.74) is 1.05. The number of imide groups is 2. The van der Waals surface area contributed by atoms with Gasteiger partial charge < -0.3 is 35.4 Å². The van der Waals surface area contributed by atoms with E-state index in [2.05, 4.69) is 50.0 Å². The van der Waals surface area contributed by atoms with Crippen LogP contribution >= 0.6 is 0 Å². The summed E-state index contributed by atoms with van der Waals surface area (Å²) < 4.78 is 51.3. The lowest BCUT2D eigenvalue weighted by molar-refractivity contribution is -0.140. The highest BCUT2D eigenvalue weighted by Crippen LogP contribution is 2.41. The van der Waals surface area contributed by atoms with Crippen LogP contribution in [-0.2, 0) is 14.4 Å². The number of carbonyl (C=O) groups is 6. The van der Waals surface area contributed by atoms with Crippen LogP contribution < -0.4 is 35.8 Å². The number of hydrogen-bond acceptors (Lipinski definition) is 13. The number of benzene rings is 2. The molecule has 1 aliphatic carbocycles. The maximum absolute atomic E-state index is 15.7. The molecule has 67 heavy (non-hydrogen) atoms. The molecule has 17 nitrogen and oxygen atoms in total. The number of fused-ring (bicyclic) bond motifs is 2. The normalized spacial score (nSPS) is 21.1. The fourth-order valence-electron chi connectivity index (χ4n) is 9.84. The van der Waals surface area contributed by atoms with E-state index in [9.17, 15) is 28.8 Å². The van der Waals surface area contributed by atoms with Crippen LogP contribution in [0, 0.1) is 17.7 Å². The molecule has 2 saturated heterocycles. The summed E-state index contributed by atoms with van der Waals surface area (Å²) >= 11 is 0. The molecule has 3 unspecified atom stereocenters. The second-order valence-electron chi connectivity index (χ2n) is 18.4. The summed E-state index contributed by atoms with van der Waals surface area (Å²) in [6.07, 6.45) is 7.80. The molecule has 20 heteroatoms. The summed E-state index contributed by atoms with van der Waals surface area (Å²) in [4.78, 5) is 91.5. The third-order valence-electron chi connectivity index (χ3n) is 14.0. The zero-order valence-corrected chi connectivity index (χ0v) is 38.1. The minimum atomic E-state index is -3.64. The molecule has 2 aromatic carbocycles. The second kappa shape index (κ2) is 19.5. The van der Waals surface area contributed by atoms with E-state index in [1.165, 1.54) is 31.3 Å². The molecule has 3 aromatic rings. The first-order chi connectivity index (χ1) is 32.0. The van der Waals surface area contributed by atoms with Crippen molar-refractivity contribution in [2.24, 2.45) is 11.8 Å². The molecule has 4 N–H and O–H groups in total. The van der Waals surface area contributed by atoms with Crippen molar-refractivity contribution in [3.05, 3.63) is 59.0 Å². The Morgan fingerprint density at radius 1 is 0.985 bits per heavy atom. The predicted molar refractivity (Wildman–Crippen MR) is 242 cm³/mol. The van der Waals surface area contributed by atoms with E-state index in [0.29, 0.717) is 43.8 Å². The van der Waals surface area contributed by atoms with Crippen molar-refractivity contribution in [2.75, 3.05) is 67.3 Å². The summed E-state index contributed by atoms with van der Waals surface area (Å²) in [6.45, 7) is 6.44. The zero-order chi connectivity index (χ0) is 47.7. The molecular formula is C47H57F3N10O7. The van der Waals surface area contributed by atoms with E-state index in [4.69, 9.17) is 4.74 Å². The van der Waals surface area contributed by atoms with E-state index in [1.54, 1.807) is 18.2 Å². The number of halogens is 3. The summed E-state index contributed by atoms with van der Waals surface area (Å²) in [5.74, 6) is -7.70. The lowest BCUT2D eigenvalue weighted by Gasteiger charge is -2.33. The van der Waals surface area contributed by atoms with Crippen molar-refractivity contribution in [2.45, 2.75) is 102 Å². The number of nitrogens with one attached hydrogen (secondary N) is 4. The monoisotopic (exact) mass is 930 g/mol. The number of nitrogens with zero attached hydrogens (tertiary/aromatic N) is 6. The highest BCUT2D eigenvalue weighted by atomic mass is 19.3. The van der Waals surface area contributed by atoms with E-state index in [0.717, 1.165) is 61.2 Å². The van der Waals surface area contributed by atoms with Crippen LogP contribution in [0.5, 0.6) is 5.75 Å². The number of piperidine rings is 2. The molecular weight excluding hydrogens is 874 g/mol. The Labute approximate surface area is 386 Å². The van der Waals surface area contributed by atoms with Crippen molar-refractivity contribution in [3.63, 3.8) is 0 Å².